The highest BCUT2D eigenvalue weighted by Crippen LogP contribution is 2.47. The van der Waals surface area contributed by atoms with Crippen LogP contribution in [-0.2, 0) is 18.4 Å². The molecule has 2 aliphatic rings. The molecule has 0 amide bonds. The van der Waals surface area contributed by atoms with Crippen LogP contribution in [0.3, 0.4) is 0 Å². The molecule has 1 heterocycles. The maximum atomic E-state index is 5.65. The highest BCUT2D eigenvalue weighted by atomic mass is 16.5. The Balaban J connectivity index is 1.50. The van der Waals surface area contributed by atoms with Crippen LogP contribution in [0.15, 0.2) is 30.3 Å². The van der Waals surface area contributed by atoms with Crippen molar-refractivity contribution in [3.63, 3.8) is 0 Å². The van der Waals surface area contributed by atoms with Gasteiger partial charge in [0.25, 0.3) is 0 Å². The first kappa shape index (κ1) is 22.8. The molecule has 1 spiro atoms. The number of nitrogens with zero attached hydrogens (tertiary/aromatic N) is 1. The summed E-state index contributed by atoms with van der Waals surface area (Å²) in [5.74, 6) is 3.29. The molecule has 0 aromatic heterocycles. The van der Waals surface area contributed by atoms with Crippen LogP contribution >= 0.6 is 0 Å². The SMILES string of the molecule is COc1ccc(CCCN2Cc3cc(OC)c(OC)cc3C3(CCCCC3)C2)cc1OC. The predicted molar refractivity (Wildman–Crippen MR) is 127 cm³/mol. The Kier molecular flexibility index (Phi) is 7.14. The average Bonchev–Trinajstić information content (AvgIpc) is 2.83. The Morgan fingerprint density at radius 1 is 0.781 bits per heavy atom. The molecule has 2 aromatic rings. The quantitative estimate of drug-likeness (QED) is 0.553. The van der Waals surface area contributed by atoms with Crippen LogP contribution in [0, 0.1) is 0 Å². The van der Waals surface area contributed by atoms with Gasteiger partial charge in [-0.15, -0.1) is 0 Å². The number of ether oxygens (including phenoxy) is 4. The second-order valence-corrected chi connectivity index (χ2v) is 9.21. The molecule has 0 saturated heterocycles. The summed E-state index contributed by atoms with van der Waals surface area (Å²) in [6.07, 6.45) is 8.66. The fourth-order valence-electron chi connectivity index (χ4n) is 5.71. The van der Waals surface area contributed by atoms with E-state index in [-0.39, 0.29) is 5.41 Å². The molecular weight excluding hydrogens is 402 g/mol. The van der Waals surface area contributed by atoms with Gasteiger partial charge in [-0.25, -0.2) is 0 Å². The van der Waals surface area contributed by atoms with Crippen LogP contribution in [0.2, 0.25) is 0 Å². The predicted octanol–water partition coefficient (Wildman–Crippen LogP) is 5.37. The largest absolute Gasteiger partial charge is 0.493 e. The summed E-state index contributed by atoms with van der Waals surface area (Å²) in [7, 11) is 6.84. The Hall–Kier alpha value is -2.40. The first-order chi connectivity index (χ1) is 15.6. The van der Waals surface area contributed by atoms with Crippen LogP contribution in [0.25, 0.3) is 0 Å². The topological polar surface area (TPSA) is 40.2 Å². The van der Waals surface area contributed by atoms with Gasteiger partial charge in [0.1, 0.15) is 0 Å². The zero-order chi connectivity index (χ0) is 22.6. The smallest absolute Gasteiger partial charge is 0.161 e. The van der Waals surface area contributed by atoms with Gasteiger partial charge in [0.15, 0.2) is 23.0 Å². The minimum absolute atomic E-state index is 0.245. The van der Waals surface area contributed by atoms with E-state index in [2.05, 4.69) is 29.2 Å². The van der Waals surface area contributed by atoms with E-state index in [0.29, 0.717) is 0 Å². The van der Waals surface area contributed by atoms with Crippen LogP contribution < -0.4 is 18.9 Å². The molecule has 5 nitrogen and oxygen atoms in total. The van der Waals surface area contributed by atoms with Crippen molar-refractivity contribution in [1.82, 2.24) is 4.90 Å². The van der Waals surface area contributed by atoms with E-state index < -0.39 is 0 Å². The number of hydrogen-bond acceptors (Lipinski definition) is 5. The maximum absolute atomic E-state index is 5.65. The minimum Gasteiger partial charge on any atom is -0.493 e. The van der Waals surface area contributed by atoms with E-state index in [1.165, 1.54) is 48.8 Å². The molecule has 174 valence electrons. The third-order valence-corrected chi connectivity index (χ3v) is 7.30. The van der Waals surface area contributed by atoms with E-state index in [0.717, 1.165) is 55.5 Å². The molecule has 5 heteroatoms. The summed E-state index contributed by atoms with van der Waals surface area (Å²) in [6.45, 7) is 3.20. The van der Waals surface area contributed by atoms with Gasteiger partial charge in [-0.1, -0.05) is 25.3 Å². The Morgan fingerprint density at radius 3 is 2.12 bits per heavy atom. The number of rotatable bonds is 8. The number of aryl methyl sites for hydroxylation is 1. The van der Waals surface area contributed by atoms with Crippen molar-refractivity contribution < 1.29 is 18.9 Å². The zero-order valence-corrected chi connectivity index (χ0v) is 20.0. The molecule has 32 heavy (non-hydrogen) atoms. The van der Waals surface area contributed by atoms with Gasteiger partial charge < -0.3 is 18.9 Å². The zero-order valence-electron chi connectivity index (χ0n) is 20.0. The van der Waals surface area contributed by atoms with Crippen molar-refractivity contribution in [2.75, 3.05) is 41.5 Å². The van der Waals surface area contributed by atoms with Gasteiger partial charge in [0, 0.05) is 18.5 Å². The summed E-state index contributed by atoms with van der Waals surface area (Å²) in [6, 6.07) is 10.7. The van der Waals surface area contributed by atoms with E-state index in [9.17, 15) is 0 Å². The number of methoxy groups -OCH3 is 4. The summed E-state index contributed by atoms with van der Waals surface area (Å²) in [4.78, 5) is 2.65. The molecule has 0 N–H and O–H groups in total. The summed E-state index contributed by atoms with van der Waals surface area (Å²) >= 11 is 0. The Bertz CT molecular complexity index is 920. The van der Waals surface area contributed by atoms with E-state index >= 15 is 0 Å². The molecule has 2 aromatic carbocycles. The molecular formula is C27H37NO4. The first-order valence-electron chi connectivity index (χ1n) is 11.8. The molecule has 0 atom stereocenters. The van der Waals surface area contributed by atoms with Gasteiger partial charge in [0.05, 0.1) is 28.4 Å². The summed E-state index contributed by atoms with van der Waals surface area (Å²) < 4.78 is 22.1. The van der Waals surface area contributed by atoms with Crippen molar-refractivity contribution in [3.05, 3.63) is 47.0 Å². The van der Waals surface area contributed by atoms with Gasteiger partial charge in [-0.3, -0.25) is 4.90 Å². The Labute approximate surface area is 192 Å². The summed E-state index contributed by atoms with van der Waals surface area (Å²) in [5, 5.41) is 0. The van der Waals surface area contributed by atoms with E-state index in [4.69, 9.17) is 18.9 Å². The lowest BCUT2D eigenvalue weighted by molar-refractivity contribution is 0.139. The van der Waals surface area contributed by atoms with E-state index in [1.807, 2.05) is 6.07 Å². The minimum atomic E-state index is 0.245. The molecule has 1 aliphatic heterocycles. The highest BCUT2D eigenvalue weighted by molar-refractivity contribution is 5.51. The standard InChI is InChI=1S/C27H37NO4/c1-29-23-11-10-20(15-24(23)30-2)9-8-14-28-18-21-16-25(31-3)26(32-4)17-22(21)27(19-28)12-6-5-7-13-27/h10-11,15-17H,5-9,12-14,18-19H2,1-4H3. The second kappa shape index (κ2) is 10.0. The van der Waals surface area contributed by atoms with Crippen molar-refractivity contribution in [3.8, 4) is 23.0 Å². The Morgan fingerprint density at radius 2 is 1.44 bits per heavy atom. The molecule has 1 fully saturated rings. The van der Waals surface area contributed by atoms with Crippen molar-refractivity contribution in [1.29, 1.82) is 0 Å². The number of fused-ring (bicyclic) bond motifs is 2. The van der Waals surface area contributed by atoms with Gasteiger partial charge in [-0.05, 0) is 73.2 Å². The fraction of sp³-hybridized carbons (Fsp3) is 0.556. The third-order valence-electron chi connectivity index (χ3n) is 7.30. The molecule has 4 rings (SSSR count). The molecule has 0 radical (unpaired) electrons. The van der Waals surface area contributed by atoms with Crippen LogP contribution in [0.1, 0.15) is 55.2 Å². The van der Waals surface area contributed by atoms with Gasteiger partial charge in [-0.2, -0.15) is 0 Å². The molecule has 1 aliphatic carbocycles. The lowest BCUT2D eigenvalue weighted by atomic mass is 9.66. The monoisotopic (exact) mass is 439 g/mol. The van der Waals surface area contributed by atoms with Crippen LogP contribution in [0.4, 0.5) is 0 Å². The third kappa shape index (κ3) is 4.54. The lowest BCUT2D eigenvalue weighted by Gasteiger charge is -2.47. The summed E-state index contributed by atoms with van der Waals surface area (Å²) in [5.41, 5.74) is 4.43. The van der Waals surface area contributed by atoms with E-state index in [1.54, 1.807) is 28.4 Å². The normalized spacial score (nSPS) is 17.6. The molecule has 0 bridgehead atoms. The number of hydrogen-bond donors (Lipinski definition) is 0. The van der Waals surface area contributed by atoms with Crippen LogP contribution in [-0.4, -0.2) is 46.4 Å². The maximum Gasteiger partial charge on any atom is 0.161 e. The fourth-order valence-corrected chi connectivity index (χ4v) is 5.71. The second-order valence-electron chi connectivity index (χ2n) is 9.21. The van der Waals surface area contributed by atoms with Crippen LogP contribution in [0.5, 0.6) is 23.0 Å². The van der Waals surface area contributed by atoms with Crippen molar-refractivity contribution >= 4 is 0 Å². The molecule has 1 saturated carbocycles. The highest BCUT2D eigenvalue weighted by Gasteiger charge is 2.41. The van der Waals surface area contributed by atoms with Crippen molar-refractivity contribution in [2.24, 2.45) is 0 Å². The number of benzene rings is 2. The van der Waals surface area contributed by atoms with Crippen molar-refractivity contribution in [2.45, 2.75) is 56.9 Å². The first-order valence-corrected chi connectivity index (χ1v) is 11.8. The molecule has 0 unspecified atom stereocenters. The lowest BCUT2D eigenvalue weighted by Crippen LogP contribution is -2.47. The van der Waals surface area contributed by atoms with Gasteiger partial charge in [0.2, 0.25) is 0 Å². The van der Waals surface area contributed by atoms with Gasteiger partial charge >= 0.3 is 0 Å². The average molecular weight is 440 g/mol.